The SMILES string of the molecule is CC1(C)O[C@H]2[C@H](O1)[C@H](OC1CCCCO1)CSC[C@H]2OC1CCCCO1. The molecular formula is C19H32O6S. The predicted octanol–water partition coefficient (Wildman–Crippen LogP) is 3.08. The van der Waals surface area contributed by atoms with Crippen LogP contribution in [0, 0.1) is 0 Å². The van der Waals surface area contributed by atoms with Gasteiger partial charge in [-0.2, -0.15) is 11.8 Å². The third-order valence-corrected chi connectivity index (χ3v) is 6.52. The maximum absolute atomic E-state index is 6.32. The van der Waals surface area contributed by atoms with Crippen LogP contribution in [-0.2, 0) is 28.4 Å². The fraction of sp³-hybridized carbons (Fsp3) is 1.00. The molecule has 0 saturated carbocycles. The van der Waals surface area contributed by atoms with Gasteiger partial charge in [-0.1, -0.05) is 0 Å². The summed E-state index contributed by atoms with van der Waals surface area (Å²) in [5, 5.41) is 0. The van der Waals surface area contributed by atoms with Gasteiger partial charge >= 0.3 is 0 Å². The fourth-order valence-electron chi connectivity index (χ4n) is 4.14. The van der Waals surface area contributed by atoms with E-state index in [2.05, 4.69) is 0 Å². The summed E-state index contributed by atoms with van der Waals surface area (Å²) >= 11 is 1.84. The first-order chi connectivity index (χ1) is 12.6. The van der Waals surface area contributed by atoms with Crippen LogP contribution in [0.3, 0.4) is 0 Å². The molecule has 6 nitrogen and oxygen atoms in total. The van der Waals surface area contributed by atoms with Crippen LogP contribution in [-0.4, -0.2) is 67.5 Å². The minimum Gasteiger partial charge on any atom is -0.353 e. The number of hydrogen-bond donors (Lipinski definition) is 0. The van der Waals surface area contributed by atoms with Crippen LogP contribution < -0.4 is 0 Å². The quantitative estimate of drug-likeness (QED) is 0.733. The number of fused-ring (bicyclic) bond motifs is 1. The third kappa shape index (κ3) is 4.74. The largest absolute Gasteiger partial charge is 0.353 e. The smallest absolute Gasteiger partial charge is 0.164 e. The average Bonchev–Trinajstić information content (AvgIpc) is 2.90. The molecule has 4 aliphatic rings. The van der Waals surface area contributed by atoms with Crippen LogP contribution in [0.4, 0.5) is 0 Å². The van der Waals surface area contributed by atoms with E-state index in [9.17, 15) is 0 Å². The van der Waals surface area contributed by atoms with E-state index in [1.165, 1.54) is 0 Å². The van der Waals surface area contributed by atoms with Gasteiger partial charge in [0.1, 0.15) is 12.2 Å². The maximum atomic E-state index is 6.32. The van der Waals surface area contributed by atoms with E-state index >= 15 is 0 Å². The zero-order valence-electron chi connectivity index (χ0n) is 15.9. The molecule has 0 bridgehead atoms. The molecule has 4 aliphatic heterocycles. The number of rotatable bonds is 4. The van der Waals surface area contributed by atoms with Crippen molar-refractivity contribution >= 4 is 11.8 Å². The van der Waals surface area contributed by atoms with Crippen molar-refractivity contribution in [2.45, 2.75) is 95.2 Å². The van der Waals surface area contributed by atoms with Gasteiger partial charge in [0.15, 0.2) is 18.4 Å². The molecule has 0 N–H and O–H groups in total. The van der Waals surface area contributed by atoms with Gasteiger partial charge < -0.3 is 28.4 Å². The third-order valence-electron chi connectivity index (χ3n) is 5.39. The minimum atomic E-state index is -0.624. The Bertz CT molecular complexity index is 411. The van der Waals surface area contributed by atoms with Crippen molar-refractivity contribution in [3.05, 3.63) is 0 Å². The van der Waals surface area contributed by atoms with Crippen molar-refractivity contribution in [1.29, 1.82) is 0 Å². The van der Waals surface area contributed by atoms with E-state index in [1.807, 2.05) is 25.6 Å². The van der Waals surface area contributed by atoms with Gasteiger partial charge in [0.25, 0.3) is 0 Å². The first-order valence-electron chi connectivity index (χ1n) is 10.1. The molecule has 4 saturated heterocycles. The molecular weight excluding hydrogens is 356 g/mol. The van der Waals surface area contributed by atoms with Crippen LogP contribution in [0.5, 0.6) is 0 Å². The van der Waals surface area contributed by atoms with E-state index in [0.717, 1.165) is 63.2 Å². The molecule has 6 atom stereocenters. The number of thioether (sulfide) groups is 1. The Labute approximate surface area is 160 Å². The normalized spacial score (nSPS) is 43.6. The van der Waals surface area contributed by atoms with Gasteiger partial charge in [0, 0.05) is 24.7 Å². The van der Waals surface area contributed by atoms with Crippen molar-refractivity contribution < 1.29 is 28.4 Å². The zero-order chi connectivity index (χ0) is 18.0. The summed E-state index contributed by atoms with van der Waals surface area (Å²) in [6.07, 6.45) is 5.85. The maximum Gasteiger partial charge on any atom is 0.164 e. The second-order valence-electron chi connectivity index (χ2n) is 8.04. The summed E-state index contributed by atoms with van der Waals surface area (Å²) in [6, 6.07) is 0. The molecule has 2 unspecified atom stereocenters. The van der Waals surface area contributed by atoms with Crippen LogP contribution in [0.25, 0.3) is 0 Å². The van der Waals surface area contributed by atoms with Crippen LogP contribution in [0.15, 0.2) is 0 Å². The Morgan fingerprint density at radius 3 is 1.69 bits per heavy atom. The highest BCUT2D eigenvalue weighted by Crippen LogP contribution is 2.39. The molecule has 0 spiro atoms. The first-order valence-corrected chi connectivity index (χ1v) is 11.2. The van der Waals surface area contributed by atoms with Crippen molar-refractivity contribution in [2.24, 2.45) is 0 Å². The van der Waals surface area contributed by atoms with Crippen molar-refractivity contribution in [3.8, 4) is 0 Å². The average molecular weight is 389 g/mol. The molecule has 26 heavy (non-hydrogen) atoms. The van der Waals surface area contributed by atoms with Crippen LogP contribution >= 0.6 is 11.8 Å². The molecule has 0 amide bonds. The summed E-state index contributed by atoms with van der Waals surface area (Å²) < 4.78 is 36.8. The van der Waals surface area contributed by atoms with Gasteiger partial charge in [-0.15, -0.1) is 0 Å². The topological polar surface area (TPSA) is 55.4 Å². The summed E-state index contributed by atoms with van der Waals surface area (Å²) in [7, 11) is 0. The molecule has 0 aliphatic carbocycles. The van der Waals surface area contributed by atoms with Crippen molar-refractivity contribution in [3.63, 3.8) is 0 Å². The summed E-state index contributed by atoms with van der Waals surface area (Å²) in [4.78, 5) is 0. The second-order valence-corrected chi connectivity index (χ2v) is 9.12. The lowest BCUT2D eigenvalue weighted by molar-refractivity contribution is -0.218. The summed E-state index contributed by atoms with van der Waals surface area (Å²) in [5.74, 6) is 1.11. The lowest BCUT2D eigenvalue weighted by Gasteiger charge is -2.32. The van der Waals surface area contributed by atoms with E-state index in [0.29, 0.717) is 0 Å². The highest BCUT2D eigenvalue weighted by molar-refractivity contribution is 7.99. The molecule has 7 heteroatoms. The summed E-state index contributed by atoms with van der Waals surface area (Å²) in [6.45, 7) is 5.51. The standard InChI is InChI=1S/C19H32O6S/c1-19(2)24-17-13(22-15-7-3-5-9-20-15)11-26-12-14(18(17)25-19)23-16-8-4-6-10-21-16/h13-18H,3-12H2,1-2H3/t13-,14-,15?,16?,17-,18-/m1/s1. The molecule has 0 aromatic heterocycles. The highest BCUT2D eigenvalue weighted by Gasteiger charge is 2.51. The zero-order valence-corrected chi connectivity index (χ0v) is 16.7. The van der Waals surface area contributed by atoms with E-state index in [4.69, 9.17) is 28.4 Å². The first kappa shape index (κ1) is 19.4. The summed E-state index contributed by atoms with van der Waals surface area (Å²) in [5.41, 5.74) is 0. The molecule has 0 aromatic rings. The molecule has 4 fully saturated rings. The van der Waals surface area contributed by atoms with Gasteiger partial charge in [-0.05, 0) is 52.4 Å². The Morgan fingerprint density at radius 2 is 1.27 bits per heavy atom. The van der Waals surface area contributed by atoms with Crippen molar-refractivity contribution in [2.75, 3.05) is 24.7 Å². The monoisotopic (exact) mass is 388 g/mol. The molecule has 0 radical (unpaired) electrons. The van der Waals surface area contributed by atoms with Gasteiger partial charge in [-0.3, -0.25) is 0 Å². The van der Waals surface area contributed by atoms with Crippen molar-refractivity contribution in [1.82, 2.24) is 0 Å². The van der Waals surface area contributed by atoms with E-state index < -0.39 is 5.79 Å². The van der Waals surface area contributed by atoms with Crippen LogP contribution in [0.2, 0.25) is 0 Å². The number of hydrogen-bond acceptors (Lipinski definition) is 7. The highest BCUT2D eigenvalue weighted by atomic mass is 32.2. The fourth-order valence-corrected chi connectivity index (χ4v) is 5.28. The minimum absolute atomic E-state index is 0.0456. The second kappa shape index (κ2) is 8.64. The van der Waals surface area contributed by atoms with E-state index in [-0.39, 0.29) is 37.0 Å². The van der Waals surface area contributed by atoms with Crippen LogP contribution in [0.1, 0.15) is 52.4 Å². The lowest BCUT2D eigenvalue weighted by Crippen LogP contribution is -2.47. The van der Waals surface area contributed by atoms with Gasteiger partial charge in [-0.25, -0.2) is 0 Å². The molecule has 4 rings (SSSR count). The van der Waals surface area contributed by atoms with Gasteiger partial charge in [0.2, 0.25) is 0 Å². The molecule has 0 aromatic carbocycles. The Balaban J connectivity index is 1.44. The van der Waals surface area contributed by atoms with Gasteiger partial charge in [0.05, 0.1) is 12.2 Å². The Kier molecular flexibility index (Phi) is 6.45. The Morgan fingerprint density at radius 1 is 0.769 bits per heavy atom. The number of ether oxygens (including phenoxy) is 6. The Hall–Kier alpha value is 0.110. The predicted molar refractivity (Wildman–Crippen MR) is 98.1 cm³/mol. The molecule has 150 valence electrons. The lowest BCUT2D eigenvalue weighted by atomic mass is 10.0. The van der Waals surface area contributed by atoms with E-state index in [1.54, 1.807) is 0 Å². The molecule has 4 heterocycles.